The third kappa shape index (κ3) is 11.2. The summed E-state index contributed by atoms with van der Waals surface area (Å²) in [5, 5.41) is 0. The lowest BCUT2D eigenvalue weighted by Gasteiger charge is -2.23. The van der Waals surface area contributed by atoms with E-state index in [-0.39, 0.29) is 11.3 Å². The van der Waals surface area contributed by atoms with Crippen molar-refractivity contribution in [2.45, 2.75) is 96.8 Å². The average molecular weight is 526 g/mol. The predicted molar refractivity (Wildman–Crippen MR) is 154 cm³/mol. The Labute approximate surface area is 229 Å². The van der Waals surface area contributed by atoms with E-state index >= 15 is 0 Å². The van der Waals surface area contributed by atoms with Crippen LogP contribution in [0, 0.1) is 0 Å². The minimum absolute atomic E-state index is 0.0976. The monoisotopic (exact) mass is 525 g/mol. The van der Waals surface area contributed by atoms with Crippen molar-refractivity contribution in [1.29, 1.82) is 0 Å². The van der Waals surface area contributed by atoms with E-state index < -0.39 is 11.9 Å². The fraction of sp³-hybridized carbons (Fsp3) is 0.562. The molecule has 0 unspecified atom stereocenters. The normalized spacial score (nSPS) is 13.0. The van der Waals surface area contributed by atoms with Crippen LogP contribution in [0.4, 0.5) is 5.69 Å². The molecule has 1 aliphatic heterocycles. The largest absolute Gasteiger partial charge is 0.494 e. The van der Waals surface area contributed by atoms with Crippen LogP contribution in [0.5, 0.6) is 5.75 Å². The second kappa shape index (κ2) is 19.1. The number of allylic oxidation sites excluding steroid dienone is 2. The maximum Gasteiger partial charge on any atom is 0.355 e. The van der Waals surface area contributed by atoms with Gasteiger partial charge in [0.1, 0.15) is 11.4 Å². The van der Waals surface area contributed by atoms with Crippen molar-refractivity contribution in [2.75, 3.05) is 25.7 Å². The molecule has 0 bridgehead atoms. The molecule has 0 aromatic heterocycles. The highest BCUT2D eigenvalue weighted by Gasteiger charge is 2.27. The molecule has 0 amide bonds. The van der Waals surface area contributed by atoms with Gasteiger partial charge in [0.05, 0.1) is 26.4 Å². The van der Waals surface area contributed by atoms with Crippen molar-refractivity contribution in [1.82, 2.24) is 0 Å². The number of unbranched alkanes of at least 4 members (excludes halogenated alkanes) is 13. The van der Waals surface area contributed by atoms with Gasteiger partial charge in [-0.2, -0.15) is 0 Å². The molecular formula is C32H47NO5. The van der Waals surface area contributed by atoms with Gasteiger partial charge >= 0.3 is 11.9 Å². The summed E-state index contributed by atoms with van der Waals surface area (Å²) in [4.78, 5) is 26.5. The molecule has 0 aliphatic carbocycles. The molecule has 0 saturated carbocycles. The minimum Gasteiger partial charge on any atom is -0.494 e. The van der Waals surface area contributed by atoms with Gasteiger partial charge in [-0.1, -0.05) is 96.5 Å². The van der Waals surface area contributed by atoms with Crippen LogP contribution in [0.2, 0.25) is 0 Å². The lowest BCUT2D eigenvalue weighted by Crippen LogP contribution is -2.26. The van der Waals surface area contributed by atoms with E-state index in [1.807, 2.05) is 24.3 Å². The lowest BCUT2D eigenvalue weighted by atomic mass is 10.0. The predicted octanol–water partition coefficient (Wildman–Crippen LogP) is 8.04. The van der Waals surface area contributed by atoms with E-state index in [0.717, 1.165) is 12.2 Å². The van der Waals surface area contributed by atoms with Crippen LogP contribution < -0.4 is 9.64 Å². The quantitative estimate of drug-likeness (QED) is 0.134. The fourth-order valence-corrected chi connectivity index (χ4v) is 4.56. The number of rotatable bonds is 19. The van der Waals surface area contributed by atoms with Gasteiger partial charge in [0.2, 0.25) is 0 Å². The first-order valence-electron chi connectivity index (χ1n) is 14.4. The molecule has 38 heavy (non-hydrogen) atoms. The van der Waals surface area contributed by atoms with Crippen molar-refractivity contribution in [3.63, 3.8) is 0 Å². The Morgan fingerprint density at radius 2 is 1.21 bits per heavy atom. The fourth-order valence-electron chi connectivity index (χ4n) is 4.56. The summed E-state index contributed by atoms with van der Waals surface area (Å²) in [5.41, 5.74) is 0.929. The third-order valence-corrected chi connectivity index (χ3v) is 6.77. The van der Waals surface area contributed by atoms with E-state index in [2.05, 4.69) is 6.92 Å². The molecular weight excluding hydrogens is 478 g/mol. The number of methoxy groups -OCH3 is 2. The molecule has 1 aromatic carbocycles. The number of hydrogen-bond acceptors (Lipinski definition) is 6. The number of anilines is 1. The molecule has 210 valence electrons. The van der Waals surface area contributed by atoms with Gasteiger partial charge in [-0.15, -0.1) is 0 Å². The number of benzene rings is 1. The zero-order valence-corrected chi connectivity index (χ0v) is 23.7. The van der Waals surface area contributed by atoms with E-state index in [1.165, 1.54) is 97.7 Å². The van der Waals surface area contributed by atoms with Crippen molar-refractivity contribution in [2.24, 2.45) is 0 Å². The number of carbonyl (C=O) groups is 2. The summed E-state index contributed by atoms with van der Waals surface area (Å²) in [6.07, 6.45) is 25.4. The van der Waals surface area contributed by atoms with Gasteiger partial charge in [0.25, 0.3) is 0 Å². The molecule has 1 aromatic rings. The van der Waals surface area contributed by atoms with Gasteiger partial charge in [0, 0.05) is 11.9 Å². The summed E-state index contributed by atoms with van der Waals surface area (Å²) in [5.74, 6) is -0.458. The van der Waals surface area contributed by atoms with Crippen LogP contribution >= 0.6 is 0 Å². The van der Waals surface area contributed by atoms with Crippen molar-refractivity contribution in [3.8, 4) is 5.75 Å². The summed E-state index contributed by atoms with van der Waals surface area (Å²) >= 11 is 0. The standard InChI is InChI=1S/C32H47NO5/c1-4-5-6-7-8-9-10-11-12-13-14-15-16-19-26-38-28-23-21-27(22-24-28)33-25-18-17-20-29(31(34)36-2)30(33)32(35)37-3/h17-18,20-25H,4-16,19,26H2,1-3H3. The maximum atomic E-state index is 12.5. The third-order valence-electron chi connectivity index (χ3n) is 6.77. The van der Waals surface area contributed by atoms with E-state index in [4.69, 9.17) is 14.2 Å². The van der Waals surface area contributed by atoms with Gasteiger partial charge in [-0.25, -0.2) is 9.59 Å². The van der Waals surface area contributed by atoms with Crippen LogP contribution in [0.3, 0.4) is 0 Å². The highest BCUT2D eigenvalue weighted by molar-refractivity contribution is 6.05. The Kier molecular flexibility index (Phi) is 15.7. The van der Waals surface area contributed by atoms with Gasteiger partial charge in [-0.05, 0) is 42.8 Å². The van der Waals surface area contributed by atoms with Crippen molar-refractivity contribution < 1.29 is 23.8 Å². The zero-order valence-electron chi connectivity index (χ0n) is 23.7. The SMILES string of the molecule is CCCCCCCCCCCCCCCCOc1ccc(N2C=CC=CC(C(=O)OC)=C2C(=O)OC)cc1. The first-order chi connectivity index (χ1) is 18.6. The number of nitrogens with zero attached hydrogens (tertiary/aromatic N) is 1. The Bertz CT molecular complexity index is 916. The molecule has 1 heterocycles. The summed E-state index contributed by atoms with van der Waals surface area (Å²) in [7, 11) is 2.57. The number of carbonyl (C=O) groups excluding carboxylic acids is 2. The highest BCUT2D eigenvalue weighted by Crippen LogP contribution is 2.28. The molecule has 2 rings (SSSR count). The second-order valence-corrected chi connectivity index (χ2v) is 9.75. The second-order valence-electron chi connectivity index (χ2n) is 9.75. The lowest BCUT2D eigenvalue weighted by molar-refractivity contribution is -0.139. The Morgan fingerprint density at radius 3 is 1.74 bits per heavy atom. The number of esters is 2. The Morgan fingerprint density at radius 1 is 0.684 bits per heavy atom. The molecule has 6 heteroatoms. The Hall–Kier alpha value is -3.02. The number of hydrogen-bond donors (Lipinski definition) is 0. The Balaban J connectivity index is 1.69. The molecule has 0 atom stereocenters. The number of ether oxygens (including phenoxy) is 3. The summed E-state index contributed by atoms with van der Waals surface area (Å²) in [6, 6.07) is 7.46. The molecule has 0 radical (unpaired) electrons. The zero-order chi connectivity index (χ0) is 27.4. The maximum absolute atomic E-state index is 12.5. The van der Waals surface area contributed by atoms with Crippen LogP contribution in [-0.2, 0) is 19.1 Å². The first kappa shape index (κ1) is 31.2. The topological polar surface area (TPSA) is 65.1 Å². The molecule has 0 spiro atoms. The molecule has 0 saturated heterocycles. The van der Waals surface area contributed by atoms with Crippen LogP contribution in [0.1, 0.15) is 96.8 Å². The van der Waals surface area contributed by atoms with Gasteiger partial charge in [0.15, 0.2) is 0 Å². The summed E-state index contributed by atoms with van der Waals surface area (Å²) < 4.78 is 15.7. The molecule has 0 fully saturated rings. The molecule has 6 nitrogen and oxygen atoms in total. The first-order valence-corrected chi connectivity index (χ1v) is 14.4. The van der Waals surface area contributed by atoms with Crippen LogP contribution in [0.15, 0.2) is 60.0 Å². The summed E-state index contributed by atoms with van der Waals surface area (Å²) in [6.45, 7) is 2.96. The average Bonchev–Trinajstić information content (AvgIpc) is 3.18. The van der Waals surface area contributed by atoms with Crippen molar-refractivity contribution >= 4 is 17.6 Å². The van der Waals surface area contributed by atoms with Gasteiger partial charge < -0.3 is 19.1 Å². The smallest absolute Gasteiger partial charge is 0.355 e. The van der Waals surface area contributed by atoms with E-state index in [1.54, 1.807) is 29.3 Å². The molecule has 1 aliphatic rings. The van der Waals surface area contributed by atoms with Gasteiger partial charge in [-0.3, -0.25) is 0 Å². The van der Waals surface area contributed by atoms with E-state index in [9.17, 15) is 9.59 Å². The molecule has 0 N–H and O–H groups in total. The van der Waals surface area contributed by atoms with E-state index in [0.29, 0.717) is 12.3 Å². The minimum atomic E-state index is -0.625. The van der Waals surface area contributed by atoms with Crippen molar-refractivity contribution in [3.05, 3.63) is 60.0 Å². The van der Waals surface area contributed by atoms with Crippen LogP contribution in [0.25, 0.3) is 0 Å². The highest BCUT2D eigenvalue weighted by atomic mass is 16.5. The van der Waals surface area contributed by atoms with Crippen LogP contribution in [-0.4, -0.2) is 32.8 Å².